The van der Waals surface area contributed by atoms with E-state index in [0.717, 1.165) is 28.9 Å². The average molecular weight is 579 g/mol. The number of amides is 1. The van der Waals surface area contributed by atoms with Crippen LogP contribution in [0, 0.1) is 18.8 Å². The minimum absolute atomic E-state index is 0.0317. The molecule has 0 aromatic heterocycles. The summed E-state index contributed by atoms with van der Waals surface area (Å²) in [6.45, 7) is 16.8. The van der Waals surface area contributed by atoms with E-state index in [1.165, 1.54) is 22.9 Å². The van der Waals surface area contributed by atoms with Crippen molar-refractivity contribution in [1.29, 1.82) is 0 Å². The number of carbonyl (C=O) groups is 1. The Bertz CT molecular complexity index is 1300. The van der Waals surface area contributed by atoms with Crippen LogP contribution in [0.15, 0.2) is 51.7 Å². The highest BCUT2D eigenvalue weighted by Crippen LogP contribution is 2.36. The first kappa shape index (κ1) is 31.5. The summed E-state index contributed by atoms with van der Waals surface area (Å²) in [7, 11) is 0. The zero-order valence-corrected chi connectivity index (χ0v) is 26.5. The number of aryl methyl sites for hydroxylation is 1. The number of hydrazone groups is 1. The van der Waals surface area contributed by atoms with Gasteiger partial charge in [0.25, 0.3) is 0 Å². The van der Waals surface area contributed by atoms with Crippen LogP contribution in [0.4, 0.5) is 11.4 Å². The van der Waals surface area contributed by atoms with E-state index in [1.807, 2.05) is 20.1 Å². The molecular formula is C31H42N6OS2. The molecule has 1 aliphatic heterocycles. The van der Waals surface area contributed by atoms with E-state index in [2.05, 4.69) is 104 Å². The molecule has 214 valence electrons. The summed E-state index contributed by atoms with van der Waals surface area (Å²) in [4.78, 5) is 14.6. The molecule has 9 heteroatoms. The second kappa shape index (κ2) is 14.6. The first-order valence-corrected chi connectivity index (χ1v) is 15.3. The lowest BCUT2D eigenvalue weighted by Gasteiger charge is -2.23. The number of hydrogen-bond donors (Lipinski definition) is 2. The molecule has 1 heterocycles. The third kappa shape index (κ3) is 8.73. The van der Waals surface area contributed by atoms with Crippen LogP contribution >= 0.6 is 24.0 Å². The topological polar surface area (TPSA) is 81.5 Å². The lowest BCUT2D eigenvalue weighted by atomic mass is 9.89. The van der Waals surface area contributed by atoms with Gasteiger partial charge in [0.2, 0.25) is 5.91 Å². The molecule has 2 aromatic rings. The highest BCUT2D eigenvalue weighted by Gasteiger charge is 2.32. The maximum atomic E-state index is 12.9. The summed E-state index contributed by atoms with van der Waals surface area (Å²) in [5.74, 6) is 1.49. The number of thiocarbonyl (C=S) groups is 1. The Morgan fingerprint density at radius 2 is 1.75 bits per heavy atom. The second-order valence-corrected chi connectivity index (χ2v) is 12.6. The predicted octanol–water partition coefficient (Wildman–Crippen LogP) is 7.47. The number of rotatable bonds is 10. The smallest absolute Gasteiger partial charge is 0.243 e. The largest absolute Gasteiger partial charge is 0.331 e. The number of benzene rings is 2. The van der Waals surface area contributed by atoms with Gasteiger partial charge >= 0.3 is 0 Å². The van der Waals surface area contributed by atoms with Crippen LogP contribution in [0.2, 0.25) is 0 Å². The van der Waals surface area contributed by atoms with Crippen molar-refractivity contribution in [3.63, 3.8) is 0 Å². The van der Waals surface area contributed by atoms with Crippen LogP contribution in [-0.4, -0.2) is 34.4 Å². The summed E-state index contributed by atoms with van der Waals surface area (Å²) >= 11 is 6.92. The van der Waals surface area contributed by atoms with Gasteiger partial charge in [-0.25, -0.2) is 0 Å². The van der Waals surface area contributed by atoms with Gasteiger partial charge in [0, 0.05) is 18.1 Å². The molecule has 0 saturated carbocycles. The molecule has 1 aliphatic rings. The quantitative estimate of drug-likeness (QED) is 0.174. The summed E-state index contributed by atoms with van der Waals surface area (Å²) in [6.07, 6.45) is 4.45. The zero-order chi connectivity index (χ0) is 29.4. The molecule has 7 nitrogen and oxygen atoms in total. The minimum atomic E-state index is 0.0317. The number of hydrogen-bond acceptors (Lipinski definition) is 6. The fourth-order valence-electron chi connectivity index (χ4n) is 4.35. The predicted molar refractivity (Wildman–Crippen MR) is 177 cm³/mol. The molecule has 40 heavy (non-hydrogen) atoms. The van der Waals surface area contributed by atoms with Crippen LogP contribution in [-0.2, 0) is 11.2 Å². The fraction of sp³-hybridized carbons (Fsp3) is 0.452. The molecule has 1 atom stereocenters. The SMILES string of the molecule is Cc1ccc(C(C)Cc2ccc(N3C(=O)CS/C3=N\N=C\C(C)C)c(C(C)C)c2)c(NC(=S)N/N=C/C(C)C)c1. The summed E-state index contributed by atoms with van der Waals surface area (Å²) < 4.78 is 0. The van der Waals surface area contributed by atoms with Crippen molar-refractivity contribution in [3.8, 4) is 0 Å². The van der Waals surface area contributed by atoms with Gasteiger partial charge in [0.1, 0.15) is 0 Å². The Kier molecular flexibility index (Phi) is 11.5. The van der Waals surface area contributed by atoms with Crippen molar-refractivity contribution in [2.75, 3.05) is 16.0 Å². The van der Waals surface area contributed by atoms with E-state index in [0.29, 0.717) is 27.9 Å². The van der Waals surface area contributed by atoms with Gasteiger partial charge in [-0.3, -0.25) is 15.1 Å². The van der Waals surface area contributed by atoms with Gasteiger partial charge in [0.05, 0.1) is 11.4 Å². The van der Waals surface area contributed by atoms with E-state index in [4.69, 9.17) is 12.2 Å². The number of amidine groups is 1. The van der Waals surface area contributed by atoms with Crippen LogP contribution < -0.4 is 15.6 Å². The van der Waals surface area contributed by atoms with Crippen LogP contribution in [0.3, 0.4) is 0 Å². The number of nitrogens with one attached hydrogen (secondary N) is 2. The van der Waals surface area contributed by atoms with Crippen molar-refractivity contribution in [1.82, 2.24) is 5.43 Å². The fourth-order valence-corrected chi connectivity index (χ4v) is 5.33. The van der Waals surface area contributed by atoms with Gasteiger partial charge in [0.15, 0.2) is 10.3 Å². The number of thioether (sulfide) groups is 1. The maximum Gasteiger partial charge on any atom is 0.243 e. The summed E-state index contributed by atoms with van der Waals surface area (Å²) in [6, 6.07) is 12.8. The zero-order valence-electron chi connectivity index (χ0n) is 24.9. The molecule has 0 bridgehead atoms. The maximum absolute atomic E-state index is 12.9. The monoisotopic (exact) mass is 578 g/mol. The normalized spacial score (nSPS) is 15.9. The third-order valence-corrected chi connectivity index (χ3v) is 7.40. The van der Waals surface area contributed by atoms with Crippen molar-refractivity contribution < 1.29 is 4.79 Å². The molecular weight excluding hydrogens is 537 g/mol. The van der Waals surface area contributed by atoms with Gasteiger partial charge in [-0.15, -0.1) is 5.10 Å². The minimum Gasteiger partial charge on any atom is -0.331 e. The van der Waals surface area contributed by atoms with Crippen LogP contribution in [0.1, 0.15) is 82.6 Å². The van der Waals surface area contributed by atoms with Crippen molar-refractivity contribution >= 4 is 64.0 Å². The molecule has 0 radical (unpaired) electrons. The van der Waals surface area contributed by atoms with Gasteiger partial charge in [-0.2, -0.15) is 10.2 Å². The van der Waals surface area contributed by atoms with E-state index in [9.17, 15) is 4.79 Å². The van der Waals surface area contributed by atoms with Crippen molar-refractivity contribution in [3.05, 3.63) is 58.7 Å². The first-order chi connectivity index (χ1) is 19.0. The molecule has 0 aliphatic carbocycles. The van der Waals surface area contributed by atoms with Gasteiger partial charge in [-0.05, 0) is 83.6 Å². The van der Waals surface area contributed by atoms with E-state index in [1.54, 1.807) is 11.1 Å². The summed E-state index contributed by atoms with van der Waals surface area (Å²) in [5, 5.41) is 17.2. The molecule has 2 N–H and O–H groups in total. The summed E-state index contributed by atoms with van der Waals surface area (Å²) in [5.41, 5.74) is 9.45. The van der Waals surface area contributed by atoms with Gasteiger partial charge < -0.3 is 5.32 Å². The van der Waals surface area contributed by atoms with Crippen LogP contribution in [0.25, 0.3) is 0 Å². The Morgan fingerprint density at radius 1 is 1.02 bits per heavy atom. The molecule has 0 spiro atoms. The second-order valence-electron chi connectivity index (χ2n) is 11.2. The Labute approximate surface area is 249 Å². The first-order valence-electron chi connectivity index (χ1n) is 13.9. The highest BCUT2D eigenvalue weighted by atomic mass is 32.2. The highest BCUT2D eigenvalue weighted by molar-refractivity contribution is 8.15. The van der Waals surface area contributed by atoms with Gasteiger partial charge in [-0.1, -0.05) is 84.5 Å². The Balaban J connectivity index is 1.85. The molecule has 2 aromatic carbocycles. The van der Waals surface area contributed by atoms with E-state index >= 15 is 0 Å². The lowest BCUT2D eigenvalue weighted by Crippen LogP contribution is -2.30. The molecule has 1 unspecified atom stereocenters. The van der Waals surface area contributed by atoms with Crippen molar-refractivity contribution in [2.24, 2.45) is 27.1 Å². The lowest BCUT2D eigenvalue weighted by molar-refractivity contribution is -0.115. The molecule has 1 saturated heterocycles. The number of nitrogens with zero attached hydrogens (tertiary/aromatic N) is 4. The number of anilines is 2. The average Bonchev–Trinajstić information content (AvgIpc) is 3.23. The standard InChI is InChI=1S/C31H42N6OS2/c1-19(2)16-32-35-30(39)34-27-13-22(7)9-11-25(27)23(8)14-24-10-12-28(26(15-24)21(5)6)37-29(38)18-40-31(37)36-33-17-20(3)4/h9-13,15-17,19-21,23H,14,18H2,1-8H3,(H2,34,35,39)/b32-16+,33-17+,36-31-. The third-order valence-electron chi connectivity index (χ3n) is 6.30. The molecule has 3 rings (SSSR count). The van der Waals surface area contributed by atoms with Crippen molar-refractivity contribution in [2.45, 2.75) is 73.6 Å². The van der Waals surface area contributed by atoms with E-state index < -0.39 is 0 Å². The Hall–Kier alpha value is -3.04. The number of carbonyl (C=O) groups excluding carboxylic acids is 1. The Morgan fingerprint density at radius 3 is 2.42 bits per heavy atom. The van der Waals surface area contributed by atoms with Crippen LogP contribution in [0.5, 0.6) is 0 Å². The molecule has 1 amide bonds. The molecule has 1 fully saturated rings. The van der Waals surface area contributed by atoms with E-state index in [-0.39, 0.29) is 17.7 Å².